The number of aromatic hydroxyl groups is 1. The first kappa shape index (κ1) is 24.2. The minimum absolute atomic E-state index is 0.0517. The maximum Gasteiger partial charge on any atom is 0.302 e. The number of aromatic amines is 1. The second-order valence-electron chi connectivity index (χ2n) is 9.00. The molecule has 2 heterocycles. The third-order valence-electron chi connectivity index (χ3n) is 6.84. The van der Waals surface area contributed by atoms with Crippen molar-refractivity contribution in [3.63, 3.8) is 0 Å². The van der Waals surface area contributed by atoms with E-state index in [0.717, 1.165) is 27.7 Å². The Hall–Kier alpha value is -4.52. The molecule has 1 atom stereocenters. The number of ether oxygens (including phenoxy) is 2. The first-order valence-electron chi connectivity index (χ1n) is 12.1. The molecular formula is C30H28N2O5. The summed E-state index contributed by atoms with van der Waals surface area (Å²) in [6.07, 6.45) is 0.445. The summed E-state index contributed by atoms with van der Waals surface area (Å²) in [6, 6.07) is 22.6. The van der Waals surface area contributed by atoms with Crippen LogP contribution >= 0.6 is 0 Å². The van der Waals surface area contributed by atoms with Crippen molar-refractivity contribution in [1.29, 1.82) is 0 Å². The molecule has 7 heteroatoms. The lowest BCUT2D eigenvalue weighted by molar-refractivity contribution is -0.140. The summed E-state index contributed by atoms with van der Waals surface area (Å²) in [4.78, 5) is 28.8. The van der Waals surface area contributed by atoms with Gasteiger partial charge in [-0.1, -0.05) is 42.5 Å². The zero-order valence-corrected chi connectivity index (χ0v) is 20.9. The van der Waals surface area contributed by atoms with Gasteiger partial charge >= 0.3 is 5.97 Å². The Labute approximate surface area is 213 Å². The molecule has 2 N–H and O–H groups in total. The highest BCUT2D eigenvalue weighted by atomic mass is 16.5. The highest BCUT2D eigenvalue weighted by Crippen LogP contribution is 2.41. The Morgan fingerprint density at radius 3 is 2.38 bits per heavy atom. The second-order valence-corrected chi connectivity index (χ2v) is 9.00. The van der Waals surface area contributed by atoms with Gasteiger partial charge in [-0.15, -0.1) is 0 Å². The molecule has 0 aliphatic carbocycles. The molecule has 3 aromatic carbocycles. The lowest BCUT2D eigenvalue weighted by atomic mass is 9.85. The van der Waals surface area contributed by atoms with Gasteiger partial charge in [0.25, 0.3) is 5.56 Å². The Morgan fingerprint density at radius 2 is 1.68 bits per heavy atom. The van der Waals surface area contributed by atoms with Gasteiger partial charge in [-0.2, -0.15) is 0 Å². The van der Waals surface area contributed by atoms with Crippen molar-refractivity contribution in [1.82, 2.24) is 9.55 Å². The molecule has 0 spiro atoms. The molecule has 0 saturated heterocycles. The summed E-state index contributed by atoms with van der Waals surface area (Å²) >= 11 is 0. The van der Waals surface area contributed by atoms with Crippen LogP contribution in [-0.4, -0.2) is 34.3 Å². The van der Waals surface area contributed by atoms with Crippen LogP contribution in [0.5, 0.6) is 11.5 Å². The van der Waals surface area contributed by atoms with Gasteiger partial charge in [0.2, 0.25) is 0 Å². The summed E-state index contributed by atoms with van der Waals surface area (Å²) in [6.45, 7) is 1.58. The number of fused-ring (bicyclic) bond motifs is 2. The third-order valence-corrected chi connectivity index (χ3v) is 6.84. The van der Waals surface area contributed by atoms with Gasteiger partial charge in [0.05, 0.1) is 30.7 Å². The molecule has 0 saturated carbocycles. The molecule has 0 aliphatic rings. The number of nitrogens with one attached hydrogen (secondary N) is 1. The predicted octanol–water partition coefficient (Wildman–Crippen LogP) is 5.02. The fourth-order valence-corrected chi connectivity index (χ4v) is 5.07. The normalized spacial score (nSPS) is 12.1. The number of hydrogen-bond donors (Lipinski definition) is 2. The van der Waals surface area contributed by atoms with E-state index in [1.165, 1.54) is 6.92 Å². The molecule has 1 unspecified atom stereocenters. The smallest absolute Gasteiger partial charge is 0.302 e. The van der Waals surface area contributed by atoms with Gasteiger partial charge in [-0.3, -0.25) is 9.59 Å². The zero-order chi connectivity index (χ0) is 26.1. The molecule has 0 fully saturated rings. The quantitative estimate of drug-likeness (QED) is 0.309. The highest BCUT2D eigenvalue weighted by Gasteiger charge is 2.30. The van der Waals surface area contributed by atoms with Crippen molar-refractivity contribution in [3.8, 4) is 11.5 Å². The van der Waals surface area contributed by atoms with Crippen LogP contribution < -0.4 is 10.3 Å². The Bertz CT molecular complexity index is 1660. The van der Waals surface area contributed by atoms with Crippen molar-refractivity contribution in [2.45, 2.75) is 19.3 Å². The molecule has 2 aromatic heterocycles. The summed E-state index contributed by atoms with van der Waals surface area (Å²) < 4.78 is 12.2. The number of hydrogen-bond acceptors (Lipinski definition) is 5. The van der Waals surface area contributed by atoms with E-state index in [-0.39, 0.29) is 29.4 Å². The zero-order valence-electron chi connectivity index (χ0n) is 20.9. The number of aromatic nitrogens is 2. The van der Waals surface area contributed by atoms with Crippen LogP contribution in [0.3, 0.4) is 0 Å². The van der Waals surface area contributed by atoms with Crippen molar-refractivity contribution < 1.29 is 19.4 Å². The molecular weight excluding hydrogens is 468 g/mol. The number of para-hydroxylation sites is 2. The SMILES string of the molecule is COc1ccc(C(c2[nH]c3ccccc3c2CCOC(C)=O)c2c(O)c3ccccc3n(C)c2=O)cc1. The summed E-state index contributed by atoms with van der Waals surface area (Å²) in [5, 5.41) is 13.1. The van der Waals surface area contributed by atoms with Crippen molar-refractivity contribution in [3.05, 3.63) is 106 Å². The molecule has 0 bridgehead atoms. The molecule has 0 aliphatic heterocycles. The van der Waals surface area contributed by atoms with E-state index in [1.54, 1.807) is 18.7 Å². The average molecular weight is 497 g/mol. The molecule has 0 radical (unpaired) electrons. The molecule has 0 amide bonds. The van der Waals surface area contributed by atoms with Gasteiger partial charge in [0, 0.05) is 42.4 Å². The number of rotatable bonds is 7. The van der Waals surface area contributed by atoms with E-state index in [4.69, 9.17) is 9.47 Å². The van der Waals surface area contributed by atoms with Crippen molar-refractivity contribution in [2.75, 3.05) is 13.7 Å². The monoisotopic (exact) mass is 496 g/mol. The van der Waals surface area contributed by atoms with E-state index in [1.807, 2.05) is 72.8 Å². The van der Waals surface area contributed by atoms with Crippen LogP contribution in [-0.2, 0) is 23.0 Å². The fraction of sp³-hybridized carbons (Fsp3) is 0.200. The van der Waals surface area contributed by atoms with Gasteiger partial charge in [-0.05, 0) is 41.5 Å². The van der Waals surface area contributed by atoms with Crippen LogP contribution in [0.15, 0.2) is 77.6 Å². The predicted molar refractivity (Wildman–Crippen MR) is 143 cm³/mol. The number of carbonyl (C=O) groups is 1. The van der Waals surface area contributed by atoms with Gasteiger partial charge in [0.15, 0.2) is 0 Å². The van der Waals surface area contributed by atoms with Crippen LogP contribution in [0.25, 0.3) is 21.8 Å². The molecule has 37 heavy (non-hydrogen) atoms. The topological polar surface area (TPSA) is 93.5 Å². The van der Waals surface area contributed by atoms with E-state index in [9.17, 15) is 14.7 Å². The van der Waals surface area contributed by atoms with Crippen molar-refractivity contribution >= 4 is 27.8 Å². The standard InChI is InChI=1S/C30H28N2O5/c1-18(33)37-17-16-22-21-8-4-6-10-24(21)31-28(22)26(19-12-14-20(36-3)15-13-19)27-29(34)23-9-5-7-11-25(23)32(2)30(27)35/h4-15,26,31,34H,16-17H2,1-3H3. The molecule has 5 rings (SSSR count). The fourth-order valence-electron chi connectivity index (χ4n) is 5.07. The van der Waals surface area contributed by atoms with E-state index in [2.05, 4.69) is 4.98 Å². The lowest BCUT2D eigenvalue weighted by Gasteiger charge is -2.22. The number of esters is 1. The van der Waals surface area contributed by atoms with Crippen molar-refractivity contribution in [2.24, 2.45) is 7.05 Å². The summed E-state index contributed by atoms with van der Waals surface area (Å²) in [5.74, 6) is -0.336. The Balaban J connectivity index is 1.82. The van der Waals surface area contributed by atoms with E-state index in [0.29, 0.717) is 23.1 Å². The molecule has 5 aromatic rings. The Morgan fingerprint density at radius 1 is 1.00 bits per heavy atom. The Kier molecular flexibility index (Phi) is 6.44. The number of pyridine rings is 1. The number of methoxy groups -OCH3 is 1. The number of carbonyl (C=O) groups excluding carboxylic acids is 1. The summed E-state index contributed by atoms with van der Waals surface area (Å²) in [5.41, 5.74) is 4.02. The number of benzene rings is 3. The molecule has 7 nitrogen and oxygen atoms in total. The first-order valence-corrected chi connectivity index (χ1v) is 12.1. The number of nitrogens with zero attached hydrogens (tertiary/aromatic N) is 1. The van der Waals surface area contributed by atoms with Crippen LogP contribution in [0.1, 0.15) is 35.2 Å². The number of H-pyrrole nitrogens is 1. The van der Waals surface area contributed by atoms with E-state index < -0.39 is 5.92 Å². The van der Waals surface area contributed by atoms with Gasteiger partial charge in [-0.25, -0.2) is 0 Å². The number of aryl methyl sites for hydroxylation is 1. The second kappa shape index (κ2) is 9.85. The van der Waals surface area contributed by atoms with E-state index >= 15 is 0 Å². The average Bonchev–Trinajstić information content (AvgIpc) is 3.27. The van der Waals surface area contributed by atoms with Gasteiger partial charge < -0.3 is 24.1 Å². The summed E-state index contributed by atoms with van der Waals surface area (Å²) in [7, 11) is 3.31. The van der Waals surface area contributed by atoms with Crippen LogP contribution in [0.2, 0.25) is 0 Å². The first-order chi connectivity index (χ1) is 17.9. The largest absolute Gasteiger partial charge is 0.507 e. The highest BCUT2D eigenvalue weighted by molar-refractivity contribution is 5.88. The maximum atomic E-state index is 13.8. The molecule has 188 valence electrons. The maximum absolute atomic E-state index is 13.8. The van der Waals surface area contributed by atoms with Gasteiger partial charge in [0.1, 0.15) is 11.5 Å². The lowest BCUT2D eigenvalue weighted by Crippen LogP contribution is -2.25. The minimum Gasteiger partial charge on any atom is -0.507 e. The minimum atomic E-state index is -0.617. The third kappa shape index (κ3) is 4.33. The van der Waals surface area contributed by atoms with Crippen LogP contribution in [0.4, 0.5) is 0 Å². The van der Waals surface area contributed by atoms with Crippen LogP contribution in [0, 0.1) is 0 Å².